The molecule has 27 heavy (non-hydrogen) atoms. The maximum absolute atomic E-state index is 12.1. The van der Waals surface area contributed by atoms with Crippen molar-refractivity contribution in [2.24, 2.45) is 0 Å². The van der Waals surface area contributed by atoms with E-state index in [0.717, 1.165) is 0 Å². The zero-order chi connectivity index (χ0) is 19.9. The fourth-order valence-electron chi connectivity index (χ4n) is 2.24. The van der Waals surface area contributed by atoms with Crippen molar-refractivity contribution < 1.29 is 18.1 Å². The van der Waals surface area contributed by atoms with Crippen LogP contribution in [0.3, 0.4) is 0 Å². The zero-order valence-electron chi connectivity index (χ0n) is 14.6. The molecule has 1 amide bonds. The normalized spacial score (nSPS) is 11.0. The Balaban J connectivity index is 1.82. The van der Waals surface area contributed by atoms with Crippen LogP contribution in [0.5, 0.6) is 0 Å². The second-order valence-corrected chi connectivity index (χ2v) is 7.28. The maximum atomic E-state index is 12.1. The number of anilines is 1. The van der Waals surface area contributed by atoms with Gasteiger partial charge in [-0.15, -0.1) is 0 Å². The summed E-state index contributed by atoms with van der Waals surface area (Å²) >= 11 is 0. The molecule has 0 radical (unpaired) electrons. The van der Waals surface area contributed by atoms with Crippen molar-refractivity contribution in [2.45, 2.75) is 11.8 Å². The number of hydrogen-bond donors (Lipinski definition) is 3. The Morgan fingerprint density at radius 3 is 2.22 bits per heavy atom. The predicted octanol–water partition coefficient (Wildman–Crippen LogP) is 1.73. The van der Waals surface area contributed by atoms with Gasteiger partial charge in [-0.25, -0.2) is 13.1 Å². The molecule has 2 rings (SSSR count). The number of nitrogens with one attached hydrogen (secondary N) is 3. The standard InChI is InChI=1S/C17H20N4O5S/c1-2-20-27(25,26)16-9-3-13(4-10-16)17(22)19-12-11-18-14-5-7-15(8-6-14)21(23)24/h3-10,18,20H,2,11-12H2,1H3,(H,19,22). The summed E-state index contributed by atoms with van der Waals surface area (Å²) in [6.45, 7) is 2.72. The number of sulfonamides is 1. The number of hydrogen-bond acceptors (Lipinski definition) is 6. The topological polar surface area (TPSA) is 130 Å². The van der Waals surface area contributed by atoms with E-state index in [4.69, 9.17) is 0 Å². The lowest BCUT2D eigenvalue weighted by molar-refractivity contribution is -0.384. The SMILES string of the molecule is CCNS(=O)(=O)c1ccc(C(=O)NCCNc2ccc([N+](=O)[O-])cc2)cc1. The van der Waals surface area contributed by atoms with Crippen molar-refractivity contribution in [1.82, 2.24) is 10.0 Å². The molecule has 2 aromatic rings. The summed E-state index contributed by atoms with van der Waals surface area (Å²) in [5, 5.41) is 16.3. The molecule has 0 aromatic heterocycles. The van der Waals surface area contributed by atoms with Crippen LogP contribution < -0.4 is 15.4 Å². The van der Waals surface area contributed by atoms with Crippen molar-refractivity contribution in [3.63, 3.8) is 0 Å². The highest BCUT2D eigenvalue weighted by Gasteiger charge is 2.13. The van der Waals surface area contributed by atoms with Gasteiger partial charge in [0.2, 0.25) is 10.0 Å². The van der Waals surface area contributed by atoms with Crippen molar-refractivity contribution in [2.75, 3.05) is 25.0 Å². The van der Waals surface area contributed by atoms with Crippen LogP contribution in [0, 0.1) is 10.1 Å². The second-order valence-electron chi connectivity index (χ2n) is 5.51. The van der Waals surface area contributed by atoms with Gasteiger partial charge >= 0.3 is 0 Å². The molecular weight excluding hydrogens is 372 g/mol. The molecule has 10 heteroatoms. The fourth-order valence-corrected chi connectivity index (χ4v) is 3.29. The minimum Gasteiger partial charge on any atom is -0.383 e. The smallest absolute Gasteiger partial charge is 0.269 e. The number of carbonyl (C=O) groups excluding carboxylic acids is 1. The molecule has 0 bridgehead atoms. The Hall–Kier alpha value is -2.98. The van der Waals surface area contributed by atoms with Crippen molar-refractivity contribution in [3.05, 3.63) is 64.2 Å². The molecule has 0 aliphatic heterocycles. The van der Waals surface area contributed by atoms with Gasteiger partial charge in [-0.3, -0.25) is 14.9 Å². The van der Waals surface area contributed by atoms with Gasteiger partial charge < -0.3 is 10.6 Å². The summed E-state index contributed by atoms with van der Waals surface area (Å²) in [5.41, 5.74) is 1.06. The van der Waals surface area contributed by atoms with Crippen molar-refractivity contribution >= 4 is 27.3 Å². The Bertz CT molecular complexity index is 896. The first-order valence-corrected chi connectivity index (χ1v) is 9.68. The molecule has 0 atom stereocenters. The minimum absolute atomic E-state index is 0.00782. The highest BCUT2D eigenvalue weighted by atomic mass is 32.2. The first-order valence-electron chi connectivity index (χ1n) is 8.19. The molecular formula is C17H20N4O5S. The summed E-state index contributed by atoms with van der Waals surface area (Å²) in [7, 11) is -3.55. The largest absolute Gasteiger partial charge is 0.383 e. The molecule has 0 saturated heterocycles. The van der Waals surface area contributed by atoms with E-state index in [2.05, 4.69) is 15.4 Å². The monoisotopic (exact) mass is 392 g/mol. The molecule has 0 fully saturated rings. The van der Waals surface area contributed by atoms with Gasteiger partial charge in [0.15, 0.2) is 0 Å². The van der Waals surface area contributed by atoms with E-state index in [1.54, 1.807) is 19.1 Å². The summed E-state index contributed by atoms with van der Waals surface area (Å²) in [6, 6.07) is 11.6. The number of non-ortho nitro benzene ring substituents is 1. The number of carbonyl (C=O) groups is 1. The lowest BCUT2D eigenvalue weighted by Gasteiger charge is -2.09. The molecule has 0 aliphatic carbocycles. The zero-order valence-corrected chi connectivity index (χ0v) is 15.5. The van der Waals surface area contributed by atoms with Crippen LogP contribution in [0.1, 0.15) is 17.3 Å². The average Bonchev–Trinajstić information content (AvgIpc) is 2.65. The number of nitrogens with zero attached hydrogens (tertiary/aromatic N) is 1. The van der Waals surface area contributed by atoms with Crippen LogP contribution in [0.4, 0.5) is 11.4 Å². The van der Waals surface area contributed by atoms with E-state index in [1.807, 2.05) is 0 Å². The van der Waals surface area contributed by atoms with Crippen molar-refractivity contribution in [1.29, 1.82) is 0 Å². The van der Waals surface area contributed by atoms with Gasteiger partial charge in [0.25, 0.3) is 11.6 Å². The molecule has 0 aliphatic rings. The number of rotatable bonds is 9. The Morgan fingerprint density at radius 1 is 1.04 bits per heavy atom. The minimum atomic E-state index is -3.55. The van der Waals surface area contributed by atoms with Crippen LogP contribution >= 0.6 is 0 Å². The molecule has 3 N–H and O–H groups in total. The quantitative estimate of drug-likeness (QED) is 0.338. The fraction of sp³-hybridized carbons (Fsp3) is 0.235. The third-order valence-corrected chi connectivity index (χ3v) is 5.14. The molecule has 0 heterocycles. The predicted molar refractivity (Wildman–Crippen MR) is 101 cm³/mol. The maximum Gasteiger partial charge on any atom is 0.269 e. The third kappa shape index (κ3) is 5.76. The Morgan fingerprint density at radius 2 is 1.67 bits per heavy atom. The van der Waals surface area contributed by atoms with E-state index in [1.165, 1.54) is 36.4 Å². The van der Waals surface area contributed by atoms with Gasteiger partial charge in [0.05, 0.1) is 9.82 Å². The molecule has 0 saturated carbocycles. The first-order chi connectivity index (χ1) is 12.8. The summed E-state index contributed by atoms with van der Waals surface area (Å²) in [4.78, 5) is 22.3. The Kier molecular flexibility index (Phi) is 6.85. The lowest BCUT2D eigenvalue weighted by atomic mass is 10.2. The number of amides is 1. The van der Waals surface area contributed by atoms with Crippen LogP contribution in [0.25, 0.3) is 0 Å². The van der Waals surface area contributed by atoms with Crippen molar-refractivity contribution in [3.8, 4) is 0 Å². The summed E-state index contributed by atoms with van der Waals surface area (Å²) in [5.74, 6) is -0.326. The molecule has 2 aromatic carbocycles. The van der Waals surface area contributed by atoms with E-state index < -0.39 is 14.9 Å². The molecule has 0 unspecified atom stereocenters. The lowest BCUT2D eigenvalue weighted by Crippen LogP contribution is -2.29. The molecule has 144 valence electrons. The average molecular weight is 392 g/mol. The van der Waals surface area contributed by atoms with E-state index >= 15 is 0 Å². The van der Waals surface area contributed by atoms with Gasteiger partial charge in [-0.2, -0.15) is 0 Å². The van der Waals surface area contributed by atoms with Gasteiger partial charge in [-0.05, 0) is 36.4 Å². The van der Waals surface area contributed by atoms with Gasteiger partial charge in [0.1, 0.15) is 0 Å². The van der Waals surface area contributed by atoms with Gasteiger partial charge in [-0.1, -0.05) is 6.92 Å². The van der Waals surface area contributed by atoms with E-state index in [0.29, 0.717) is 24.3 Å². The Labute approximate surface area is 157 Å². The van der Waals surface area contributed by atoms with Crippen LogP contribution in [0.2, 0.25) is 0 Å². The molecule has 0 spiro atoms. The molecule has 9 nitrogen and oxygen atoms in total. The summed E-state index contributed by atoms with van der Waals surface area (Å²) in [6.07, 6.45) is 0. The van der Waals surface area contributed by atoms with Crippen LogP contribution in [-0.2, 0) is 10.0 Å². The first kappa shape index (κ1) is 20.3. The summed E-state index contributed by atoms with van der Waals surface area (Å²) < 4.78 is 26.1. The van der Waals surface area contributed by atoms with Crippen LogP contribution in [0.15, 0.2) is 53.4 Å². The number of benzene rings is 2. The number of nitro groups is 1. The van der Waals surface area contributed by atoms with E-state index in [-0.39, 0.29) is 23.0 Å². The van der Waals surface area contributed by atoms with E-state index in [9.17, 15) is 23.3 Å². The van der Waals surface area contributed by atoms with Gasteiger partial charge in [0, 0.05) is 43.0 Å². The second kappa shape index (κ2) is 9.10. The highest BCUT2D eigenvalue weighted by molar-refractivity contribution is 7.89. The number of nitro benzene ring substituents is 1. The highest BCUT2D eigenvalue weighted by Crippen LogP contribution is 2.15. The third-order valence-electron chi connectivity index (χ3n) is 3.58. The van der Waals surface area contributed by atoms with Crippen LogP contribution in [-0.4, -0.2) is 38.9 Å².